The van der Waals surface area contributed by atoms with Crippen molar-refractivity contribution in [2.45, 2.75) is 71.5 Å². The van der Waals surface area contributed by atoms with E-state index in [1.165, 1.54) is 25.7 Å². The lowest BCUT2D eigenvalue weighted by Gasteiger charge is -2.20. The first-order chi connectivity index (χ1) is 7.65. The highest BCUT2D eigenvalue weighted by Crippen LogP contribution is 2.11. The quantitative estimate of drug-likeness (QED) is 0.210. The smallest absolute Gasteiger partial charge is 0.168 e. The highest BCUT2D eigenvalue weighted by atomic mass is 16.5. The molecule has 0 bridgehead atoms. The van der Waals surface area contributed by atoms with E-state index in [0.29, 0.717) is 0 Å². The number of hydrogen-bond acceptors (Lipinski definition) is 3. The standard InChI is InChI=1S/C12H26N2O2/c1-4-6-7-8-9-10(3)16-11(5-2)12(13)14-15/h10-11,15H,4-9H2,1-3H3,(H2,13,14). The van der Waals surface area contributed by atoms with Crippen molar-refractivity contribution in [3.8, 4) is 0 Å². The first-order valence-electron chi connectivity index (χ1n) is 6.28. The van der Waals surface area contributed by atoms with Gasteiger partial charge < -0.3 is 15.7 Å². The topological polar surface area (TPSA) is 67.8 Å². The van der Waals surface area contributed by atoms with Crippen molar-refractivity contribution in [2.75, 3.05) is 0 Å². The normalized spacial score (nSPS) is 16.1. The van der Waals surface area contributed by atoms with Crippen LogP contribution in [0.2, 0.25) is 0 Å². The fraction of sp³-hybridized carbons (Fsp3) is 0.917. The molecule has 2 atom stereocenters. The molecule has 0 aliphatic rings. The summed E-state index contributed by atoms with van der Waals surface area (Å²) in [6, 6.07) is 0. The lowest BCUT2D eigenvalue weighted by Crippen LogP contribution is -2.33. The number of nitrogens with zero attached hydrogens (tertiary/aromatic N) is 1. The molecule has 2 unspecified atom stereocenters. The van der Waals surface area contributed by atoms with E-state index in [-0.39, 0.29) is 18.0 Å². The van der Waals surface area contributed by atoms with Gasteiger partial charge in [-0.1, -0.05) is 44.7 Å². The van der Waals surface area contributed by atoms with Crippen molar-refractivity contribution in [3.05, 3.63) is 0 Å². The Bertz CT molecular complexity index is 195. The maximum Gasteiger partial charge on any atom is 0.168 e. The van der Waals surface area contributed by atoms with Gasteiger partial charge in [-0.05, 0) is 19.8 Å². The van der Waals surface area contributed by atoms with Gasteiger partial charge in [0.05, 0.1) is 6.10 Å². The Kier molecular flexibility index (Phi) is 9.00. The second-order valence-corrected chi connectivity index (χ2v) is 4.22. The van der Waals surface area contributed by atoms with Crippen LogP contribution in [0, 0.1) is 0 Å². The minimum atomic E-state index is -0.258. The molecular formula is C12H26N2O2. The van der Waals surface area contributed by atoms with E-state index >= 15 is 0 Å². The average Bonchev–Trinajstić information content (AvgIpc) is 2.30. The van der Waals surface area contributed by atoms with Crippen molar-refractivity contribution >= 4 is 5.84 Å². The van der Waals surface area contributed by atoms with Crippen molar-refractivity contribution in [3.63, 3.8) is 0 Å². The minimum absolute atomic E-state index is 0.169. The van der Waals surface area contributed by atoms with E-state index in [9.17, 15) is 0 Å². The number of hydrogen-bond donors (Lipinski definition) is 2. The van der Waals surface area contributed by atoms with Gasteiger partial charge in [0, 0.05) is 0 Å². The predicted octanol–water partition coefficient (Wildman–Crippen LogP) is 2.89. The monoisotopic (exact) mass is 230 g/mol. The molecule has 0 aromatic rings. The van der Waals surface area contributed by atoms with Crippen LogP contribution in [0.25, 0.3) is 0 Å². The van der Waals surface area contributed by atoms with Gasteiger partial charge in [-0.15, -0.1) is 0 Å². The zero-order valence-electron chi connectivity index (χ0n) is 10.8. The molecule has 0 amide bonds. The molecule has 3 N–H and O–H groups in total. The summed E-state index contributed by atoms with van der Waals surface area (Å²) in [5.41, 5.74) is 5.53. The fourth-order valence-corrected chi connectivity index (χ4v) is 1.65. The molecule has 0 radical (unpaired) electrons. The third kappa shape index (κ3) is 6.67. The fourth-order valence-electron chi connectivity index (χ4n) is 1.65. The van der Waals surface area contributed by atoms with Crippen LogP contribution in [0.1, 0.15) is 59.3 Å². The molecular weight excluding hydrogens is 204 g/mol. The molecule has 0 saturated carbocycles. The van der Waals surface area contributed by atoms with Gasteiger partial charge >= 0.3 is 0 Å². The number of rotatable bonds is 9. The van der Waals surface area contributed by atoms with Crippen LogP contribution >= 0.6 is 0 Å². The van der Waals surface area contributed by atoms with E-state index in [1.54, 1.807) is 0 Å². The van der Waals surface area contributed by atoms with E-state index < -0.39 is 0 Å². The van der Waals surface area contributed by atoms with Crippen molar-refractivity contribution < 1.29 is 9.94 Å². The summed E-state index contributed by atoms with van der Waals surface area (Å²) in [5, 5.41) is 11.6. The Labute approximate surface area is 98.9 Å². The number of unbranched alkanes of at least 4 members (excludes halogenated alkanes) is 3. The number of nitrogens with two attached hydrogens (primary N) is 1. The molecule has 96 valence electrons. The van der Waals surface area contributed by atoms with Crippen molar-refractivity contribution in [2.24, 2.45) is 10.9 Å². The van der Waals surface area contributed by atoms with Crippen LogP contribution in [0.5, 0.6) is 0 Å². The summed E-state index contributed by atoms with van der Waals surface area (Å²) in [6.45, 7) is 6.21. The largest absolute Gasteiger partial charge is 0.409 e. The Morgan fingerprint density at radius 3 is 2.50 bits per heavy atom. The van der Waals surface area contributed by atoms with E-state index in [4.69, 9.17) is 15.7 Å². The summed E-state index contributed by atoms with van der Waals surface area (Å²) in [6.07, 6.45) is 6.64. The highest BCUT2D eigenvalue weighted by molar-refractivity contribution is 5.84. The predicted molar refractivity (Wildman–Crippen MR) is 66.8 cm³/mol. The summed E-state index contributed by atoms with van der Waals surface area (Å²) in [7, 11) is 0. The van der Waals surface area contributed by atoms with Crippen LogP contribution in [0.3, 0.4) is 0 Å². The van der Waals surface area contributed by atoms with Gasteiger partial charge in [0.15, 0.2) is 5.84 Å². The highest BCUT2D eigenvalue weighted by Gasteiger charge is 2.15. The van der Waals surface area contributed by atoms with Gasteiger partial charge in [0.25, 0.3) is 0 Å². The second-order valence-electron chi connectivity index (χ2n) is 4.22. The van der Waals surface area contributed by atoms with Crippen molar-refractivity contribution in [1.29, 1.82) is 0 Å². The molecule has 4 nitrogen and oxygen atoms in total. The molecule has 0 fully saturated rings. The number of amidine groups is 1. The Balaban J connectivity index is 3.78. The van der Waals surface area contributed by atoms with Crippen LogP contribution in [-0.4, -0.2) is 23.3 Å². The maximum absolute atomic E-state index is 8.58. The lowest BCUT2D eigenvalue weighted by atomic mass is 10.1. The SMILES string of the molecule is CCCCCCC(C)OC(CC)C(N)=NO. The Hall–Kier alpha value is -0.770. The average molecular weight is 230 g/mol. The lowest BCUT2D eigenvalue weighted by molar-refractivity contribution is 0.0248. The first kappa shape index (κ1) is 15.2. The molecule has 4 heteroatoms. The zero-order valence-corrected chi connectivity index (χ0v) is 10.8. The number of oxime groups is 1. The van der Waals surface area contributed by atoms with Gasteiger partial charge in [0.2, 0.25) is 0 Å². The van der Waals surface area contributed by atoms with Gasteiger partial charge in [-0.2, -0.15) is 0 Å². The van der Waals surface area contributed by atoms with Crippen LogP contribution in [0.15, 0.2) is 5.16 Å². The second kappa shape index (κ2) is 9.46. The van der Waals surface area contributed by atoms with Gasteiger partial charge in [-0.25, -0.2) is 0 Å². The van der Waals surface area contributed by atoms with Gasteiger partial charge in [0.1, 0.15) is 6.10 Å². The van der Waals surface area contributed by atoms with E-state index in [2.05, 4.69) is 12.1 Å². The third-order valence-electron chi connectivity index (χ3n) is 2.68. The molecule has 0 heterocycles. The molecule has 0 aromatic carbocycles. The zero-order chi connectivity index (χ0) is 12.4. The molecule has 0 aliphatic heterocycles. The summed E-state index contributed by atoms with van der Waals surface area (Å²) < 4.78 is 5.72. The van der Waals surface area contributed by atoms with Gasteiger partial charge in [-0.3, -0.25) is 0 Å². The molecule has 0 aliphatic carbocycles. The summed E-state index contributed by atoms with van der Waals surface area (Å²) >= 11 is 0. The summed E-state index contributed by atoms with van der Waals surface area (Å²) in [5.74, 6) is 0.169. The van der Waals surface area contributed by atoms with E-state index in [1.807, 2.05) is 13.8 Å². The number of ether oxygens (including phenoxy) is 1. The van der Waals surface area contributed by atoms with Crippen LogP contribution < -0.4 is 5.73 Å². The minimum Gasteiger partial charge on any atom is -0.409 e. The third-order valence-corrected chi connectivity index (χ3v) is 2.68. The van der Waals surface area contributed by atoms with Crippen LogP contribution in [0.4, 0.5) is 0 Å². The molecule has 0 aromatic heterocycles. The Morgan fingerprint density at radius 2 is 2.00 bits per heavy atom. The molecule has 0 saturated heterocycles. The Morgan fingerprint density at radius 1 is 1.31 bits per heavy atom. The van der Waals surface area contributed by atoms with Crippen LogP contribution in [-0.2, 0) is 4.74 Å². The molecule has 16 heavy (non-hydrogen) atoms. The summed E-state index contributed by atoms with van der Waals surface area (Å²) in [4.78, 5) is 0. The first-order valence-corrected chi connectivity index (χ1v) is 6.28. The van der Waals surface area contributed by atoms with Crippen molar-refractivity contribution in [1.82, 2.24) is 0 Å². The molecule has 0 spiro atoms. The van der Waals surface area contributed by atoms with E-state index in [0.717, 1.165) is 12.8 Å². The maximum atomic E-state index is 8.58. The molecule has 0 rings (SSSR count).